The third-order valence-corrected chi connectivity index (χ3v) is 5.04. The van der Waals surface area contributed by atoms with E-state index in [1.807, 2.05) is 38.1 Å². The van der Waals surface area contributed by atoms with Crippen molar-refractivity contribution >= 4 is 17.6 Å². The number of rotatable bonds is 8. The summed E-state index contributed by atoms with van der Waals surface area (Å²) in [6, 6.07) is 20.0. The van der Waals surface area contributed by atoms with Crippen molar-refractivity contribution in [3.8, 4) is 11.5 Å². The van der Waals surface area contributed by atoms with E-state index in [0.717, 1.165) is 11.1 Å². The molecule has 0 aromatic heterocycles. The number of hydrogen-bond donors (Lipinski definition) is 1. The minimum Gasteiger partial charge on any atom is -0.493 e. The first kappa shape index (κ1) is 22.9. The smallest absolute Gasteiger partial charge is 0.311 e. The van der Waals surface area contributed by atoms with Crippen LogP contribution in [0.25, 0.3) is 0 Å². The largest absolute Gasteiger partial charge is 0.493 e. The molecule has 0 aliphatic rings. The Morgan fingerprint density at radius 2 is 1.59 bits per heavy atom. The molecule has 0 saturated carbocycles. The first-order valence-corrected chi connectivity index (χ1v) is 10.2. The lowest BCUT2D eigenvalue weighted by Crippen LogP contribution is -2.26. The molecule has 1 amide bonds. The number of hydrogen-bond acceptors (Lipinski definition) is 5. The van der Waals surface area contributed by atoms with Gasteiger partial charge < -0.3 is 19.5 Å². The van der Waals surface area contributed by atoms with Crippen molar-refractivity contribution in [3.05, 3.63) is 89.0 Å². The Morgan fingerprint density at radius 3 is 2.28 bits per heavy atom. The normalized spacial score (nSPS) is 11.4. The van der Waals surface area contributed by atoms with Gasteiger partial charge in [0.2, 0.25) is 6.10 Å². The summed E-state index contributed by atoms with van der Waals surface area (Å²) in [5.41, 5.74) is 3.91. The monoisotopic (exact) mass is 433 g/mol. The van der Waals surface area contributed by atoms with Crippen LogP contribution in [0.2, 0.25) is 0 Å². The van der Waals surface area contributed by atoms with Crippen LogP contribution in [0.5, 0.6) is 11.5 Å². The highest BCUT2D eigenvalue weighted by Gasteiger charge is 2.26. The highest BCUT2D eigenvalue weighted by Crippen LogP contribution is 2.28. The highest BCUT2D eigenvalue weighted by atomic mass is 16.5. The molecule has 166 valence electrons. The third-order valence-electron chi connectivity index (χ3n) is 5.04. The number of anilines is 1. The summed E-state index contributed by atoms with van der Waals surface area (Å²) in [5, 5.41) is 2.90. The first-order chi connectivity index (χ1) is 15.4. The molecule has 6 nitrogen and oxygen atoms in total. The summed E-state index contributed by atoms with van der Waals surface area (Å²) in [7, 11) is 3.08. The van der Waals surface area contributed by atoms with Gasteiger partial charge in [0, 0.05) is 11.3 Å². The molecule has 6 heteroatoms. The highest BCUT2D eigenvalue weighted by molar-refractivity contribution is 5.96. The van der Waals surface area contributed by atoms with Crippen LogP contribution >= 0.6 is 0 Å². The lowest BCUT2D eigenvalue weighted by molar-refractivity contribution is -0.154. The van der Waals surface area contributed by atoms with E-state index in [2.05, 4.69) is 5.32 Å². The Kier molecular flexibility index (Phi) is 7.49. The molecule has 0 radical (unpaired) electrons. The summed E-state index contributed by atoms with van der Waals surface area (Å²) in [6.45, 7) is 3.86. The van der Waals surface area contributed by atoms with E-state index in [1.165, 1.54) is 7.11 Å². The second-order valence-corrected chi connectivity index (χ2v) is 7.45. The van der Waals surface area contributed by atoms with Crippen LogP contribution in [0.4, 0.5) is 5.69 Å². The molecule has 1 atom stereocenters. The van der Waals surface area contributed by atoms with Gasteiger partial charge >= 0.3 is 5.97 Å². The van der Waals surface area contributed by atoms with Gasteiger partial charge in [-0.05, 0) is 48.7 Å². The van der Waals surface area contributed by atoms with Gasteiger partial charge in [0.05, 0.1) is 20.6 Å². The maximum atomic E-state index is 13.1. The van der Waals surface area contributed by atoms with Gasteiger partial charge in [-0.3, -0.25) is 9.59 Å². The molecular weight excluding hydrogens is 406 g/mol. The first-order valence-electron chi connectivity index (χ1n) is 10.2. The molecule has 1 unspecified atom stereocenters. The maximum absolute atomic E-state index is 13.1. The van der Waals surface area contributed by atoms with Crippen molar-refractivity contribution in [2.45, 2.75) is 26.4 Å². The molecule has 0 aliphatic heterocycles. The molecule has 0 spiro atoms. The summed E-state index contributed by atoms with van der Waals surface area (Å²) >= 11 is 0. The van der Waals surface area contributed by atoms with Crippen LogP contribution in [0.15, 0.2) is 66.7 Å². The van der Waals surface area contributed by atoms with Gasteiger partial charge in [-0.2, -0.15) is 0 Å². The molecule has 0 bridgehead atoms. The fourth-order valence-corrected chi connectivity index (χ4v) is 3.30. The van der Waals surface area contributed by atoms with Crippen molar-refractivity contribution < 1.29 is 23.8 Å². The predicted molar refractivity (Wildman–Crippen MR) is 123 cm³/mol. The molecule has 32 heavy (non-hydrogen) atoms. The number of nitrogens with one attached hydrogen (secondary N) is 1. The van der Waals surface area contributed by atoms with Crippen molar-refractivity contribution in [2.24, 2.45) is 0 Å². The number of ether oxygens (including phenoxy) is 3. The number of carbonyl (C=O) groups is 2. The quantitative estimate of drug-likeness (QED) is 0.517. The Labute approximate surface area is 188 Å². The lowest BCUT2D eigenvalue weighted by atomic mass is 10.1. The molecule has 1 N–H and O–H groups in total. The molecule has 3 rings (SSSR count). The summed E-state index contributed by atoms with van der Waals surface area (Å²) in [5.74, 6) is 0.150. The van der Waals surface area contributed by atoms with Crippen LogP contribution < -0.4 is 14.8 Å². The van der Waals surface area contributed by atoms with Gasteiger partial charge in [-0.1, -0.05) is 48.5 Å². The van der Waals surface area contributed by atoms with Crippen LogP contribution in [0, 0.1) is 13.8 Å². The van der Waals surface area contributed by atoms with E-state index in [0.29, 0.717) is 28.3 Å². The van der Waals surface area contributed by atoms with E-state index in [1.54, 1.807) is 49.6 Å². The summed E-state index contributed by atoms with van der Waals surface area (Å²) in [4.78, 5) is 25.9. The second-order valence-electron chi connectivity index (χ2n) is 7.45. The Bertz CT molecular complexity index is 1090. The van der Waals surface area contributed by atoms with Crippen molar-refractivity contribution in [3.63, 3.8) is 0 Å². The maximum Gasteiger partial charge on any atom is 0.311 e. The third kappa shape index (κ3) is 5.66. The van der Waals surface area contributed by atoms with Gasteiger partial charge in [0.15, 0.2) is 11.5 Å². The van der Waals surface area contributed by atoms with Crippen molar-refractivity contribution in [1.29, 1.82) is 0 Å². The molecule has 0 aliphatic carbocycles. The standard InChI is InChI=1S/C26H27NO5/c1-17-10-11-18(2)21(14-17)27-26(29)25(20-8-6-5-7-9-20)32-24(28)16-19-12-13-22(30-3)23(15-19)31-4/h5-15,25H,16H2,1-4H3,(H,27,29). The van der Waals surface area contributed by atoms with Crippen LogP contribution in [0.1, 0.15) is 28.4 Å². The van der Waals surface area contributed by atoms with E-state index in [-0.39, 0.29) is 6.42 Å². The SMILES string of the molecule is COc1ccc(CC(=O)OC(C(=O)Nc2cc(C)ccc2C)c2ccccc2)cc1OC. The number of aryl methyl sites for hydroxylation is 2. The Morgan fingerprint density at radius 1 is 0.875 bits per heavy atom. The summed E-state index contributed by atoms with van der Waals surface area (Å²) in [6.07, 6.45) is -1.09. The molecular formula is C26H27NO5. The van der Waals surface area contributed by atoms with E-state index >= 15 is 0 Å². The van der Waals surface area contributed by atoms with E-state index < -0.39 is 18.0 Å². The van der Waals surface area contributed by atoms with Crippen LogP contribution in [-0.2, 0) is 20.7 Å². The Balaban J connectivity index is 1.80. The molecule has 3 aromatic rings. The van der Waals surface area contributed by atoms with Gasteiger partial charge in [0.25, 0.3) is 5.91 Å². The van der Waals surface area contributed by atoms with Gasteiger partial charge in [0.1, 0.15) is 0 Å². The zero-order valence-electron chi connectivity index (χ0n) is 18.7. The Hall–Kier alpha value is -3.80. The minimum absolute atomic E-state index is 0.0135. The number of carbonyl (C=O) groups excluding carboxylic acids is 2. The fourth-order valence-electron chi connectivity index (χ4n) is 3.30. The minimum atomic E-state index is -1.08. The molecule has 0 heterocycles. The van der Waals surface area contributed by atoms with Gasteiger partial charge in [-0.15, -0.1) is 0 Å². The zero-order chi connectivity index (χ0) is 23.1. The van der Waals surface area contributed by atoms with Gasteiger partial charge in [-0.25, -0.2) is 0 Å². The fraction of sp³-hybridized carbons (Fsp3) is 0.231. The average molecular weight is 434 g/mol. The van der Waals surface area contributed by atoms with Crippen molar-refractivity contribution in [1.82, 2.24) is 0 Å². The number of methoxy groups -OCH3 is 2. The average Bonchev–Trinajstić information content (AvgIpc) is 2.80. The molecule has 0 saturated heterocycles. The molecule has 0 fully saturated rings. The lowest BCUT2D eigenvalue weighted by Gasteiger charge is -2.19. The number of esters is 1. The number of benzene rings is 3. The van der Waals surface area contributed by atoms with Crippen LogP contribution in [0.3, 0.4) is 0 Å². The number of amides is 1. The topological polar surface area (TPSA) is 73.9 Å². The zero-order valence-corrected chi connectivity index (χ0v) is 18.7. The summed E-state index contributed by atoms with van der Waals surface area (Å²) < 4.78 is 16.2. The van der Waals surface area contributed by atoms with Crippen molar-refractivity contribution in [2.75, 3.05) is 19.5 Å². The molecule has 3 aromatic carbocycles. The van der Waals surface area contributed by atoms with Crippen LogP contribution in [-0.4, -0.2) is 26.1 Å². The predicted octanol–water partition coefficient (Wildman–Crippen LogP) is 4.79. The van der Waals surface area contributed by atoms with E-state index in [4.69, 9.17) is 14.2 Å². The second kappa shape index (κ2) is 10.5. The van der Waals surface area contributed by atoms with E-state index in [9.17, 15) is 9.59 Å².